The standard InChI is InChI=1S/C22H25BrN2O5/c1-22(2,3)30-19(26)14-24-20(27)18(13-15-7-5-4-6-8-15)29-21(28)25-17-11-9-16(23)10-12-17/h4-12,18H,13-14H2,1-3H3,(H,24,27)(H,25,28)/t18-/m0/s1. The van der Waals surface area contributed by atoms with Crippen LogP contribution in [0, 0.1) is 0 Å². The van der Waals surface area contributed by atoms with E-state index in [1.807, 2.05) is 30.3 Å². The van der Waals surface area contributed by atoms with Crippen molar-refractivity contribution in [2.45, 2.75) is 38.9 Å². The van der Waals surface area contributed by atoms with E-state index in [9.17, 15) is 14.4 Å². The average Bonchev–Trinajstić information content (AvgIpc) is 2.67. The lowest BCUT2D eigenvalue weighted by atomic mass is 10.1. The number of anilines is 1. The highest BCUT2D eigenvalue weighted by molar-refractivity contribution is 9.10. The van der Waals surface area contributed by atoms with Crippen molar-refractivity contribution < 1.29 is 23.9 Å². The van der Waals surface area contributed by atoms with Gasteiger partial charge < -0.3 is 14.8 Å². The first-order chi connectivity index (χ1) is 14.1. The lowest BCUT2D eigenvalue weighted by molar-refractivity contribution is -0.155. The minimum absolute atomic E-state index is 0.161. The highest BCUT2D eigenvalue weighted by Gasteiger charge is 2.25. The van der Waals surface area contributed by atoms with Crippen molar-refractivity contribution in [2.75, 3.05) is 11.9 Å². The molecule has 8 heteroatoms. The summed E-state index contributed by atoms with van der Waals surface area (Å²) in [6, 6.07) is 16.1. The number of ether oxygens (including phenoxy) is 2. The summed E-state index contributed by atoms with van der Waals surface area (Å²) >= 11 is 3.32. The summed E-state index contributed by atoms with van der Waals surface area (Å²) in [5.74, 6) is -1.16. The number of halogens is 1. The Kier molecular flexibility index (Phi) is 8.41. The number of esters is 1. The zero-order chi connectivity index (χ0) is 22.1. The quantitative estimate of drug-likeness (QED) is 0.587. The van der Waals surface area contributed by atoms with Crippen LogP contribution >= 0.6 is 15.9 Å². The van der Waals surface area contributed by atoms with Crippen molar-refractivity contribution in [3.8, 4) is 0 Å². The van der Waals surface area contributed by atoms with E-state index in [4.69, 9.17) is 9.47 Å². The molecule has 0 radical (unpaired) electrons. The summed E-state index contributed by atoms with van der Waals surface area (Å²) in [6.45, 7) is 4.89. The molecule has 0 aliphatic carbocycles. The highest BCUT2D eigenvalue weighted by Crippen LogP contribution is 2.15. The van der Waals surface area contributed by atoms with Gasteiger partial charge in [-0.3, -0.25) is 14.9 Å². The first-order valence-corrected chi connectivity index (χ1v) is 10.2. The van der Waals surface area contributed by atoms with Gasteiger partial charge in [0.25, 0.3) is 5.91 Å². The molecule has 2 aromatic carbocycles. The first kappa shape index (κ1) is 23.4. The van der Waals surface area contributed by atoms with Gasteiger partial charge in [-0.1, -0.05) is 46.3 Å². The maximum Gasteiger partial charge on any atom is 0.412 e. The average molecular weight is 477 g/mol. The van der Waals surface area contributed by atoms with Crippen molar-refractivity contribution in [1.29, 1.82) is 0 Å². The Balaban J connectivity index is 2.02. The summed E-state index contributed by atoms with van der Waals surface area (Å²) in [5, 5.41) is 5.06. The van der Waals surface area contributed by atoms with Gasteiger partial charge in [0.15, 0.2) is 6.10 Å². The van der Waals surface area contributed by atoms with Crippen LogP contribution in [0.15, 0.2) is 59.1 Å². The summed E-state index contributed by atoms with van der Waals surface area (Å²) < 4.78 is 11.4. The van der Waals surface area contributed by atoms with Crippen molar-refractivity contribution in [3.05, 3.63) is 64.6 Å². The maximum absolute atomic E-state index is 12.6. The van der Waals surface area contributed by atoms with Crippen LogP contribution in [0.25, 0.3) is 0 Å². The van der Waals surface area contributed by atoms with Gasteiger partial charge in [-0.25, -0.2) is 4.79 Å². The van der Waals surface area contributed by atoms with Gasteiger partial charge in [-0.05, 0) is 50.6 Å². The Hall–Kier alpha value is -2.87. The van der Waals surface area contributed by atoms with E-state index in [-0.39, 0.29) is 13.0 Å². The monoisotopic (exact) mass is 476 g/mol. The number of carbonyl (C=O) groups excluding carboxylic acids is 3. The molecule has 0 heterocycles. The van der Waals surface area contributed by atoms with Gasteiger partial charge in [-0.2, -0.15) is 0 Å². The van der Waals surface area contributed by atoms with Gasteiger partial charge in [0.1, 0.15) is 12.1 Å². The molecule has 0 fully saturated rings. The zero-order valence-corrected chi connectivity index (χ0v) is 18.7. The lowest BCUT2D eigenvalue weighted by Gasteiger charge is -2.21. The molecule has 0 aromatic heterocycles. The van der Waals surface area contributed by atoms with Crippen molar-refractivity contribution >= 4 is 39.6 Å². The van der Waals surface area contributed by atoms with Crippen LogP contribution in [0.2, 0.25) is 0 Å². The molecular formula is C22H25BrN2O5. The van der Waals surface area contributed by atoms with Gasteiger partial charge in [0.2, 0.25) is 0 Å². The number of hydrogen-bond acceptors (Lipinski definition) is 5. The normalized spacial score (nSPS) is 11.9. The SMILES string of the molecule is CC(C)(C)OC(=O)CNC(=O)[C@H](Cc1ccccc1)OC(=O)Nc1ccc(Br)cc1. The van der Waals surface area contributed by atoms with E-state index in [0.29, 0.717) is 5.69 Å². The third-order valence-corrected chi connectivity index (χ3v) is 4.25. The summed E-state index contributed by atoms with van der Waals surface area (Å²) in [4.78, 5) is 36.8. The van der Waals surface area contributed by atoms with Gasteiger partial charge in [0.05, 0.1) is 0 Å². The minimum Gasteiger partial charge on any atom is -0.459 e. The van der Waals surface area contributed by atoms with Crippen molar-refractivity contribution in [2.24, 2.45) is 0 Å². The molecule has 0 spiro atoms. The largest absolute Gasteiger partial charge is 0.459 e. The molecule has 0 saturated heterocycles. The summed E-state index contributed by atoms with van der Waals surface area (Å²) in [7, 11) is 0. The number of nitrogens with one attached hydrogen (secondary N) is 2. The molecule has 0 aliphatic rings. The van der Waals surface area contributed by atoms with Crippen LogP contribution in [0.5, 0.6) is 0 Å². The smallest absolute Gasteiger partial charge is 0.412 e. The van der Waals surface area contributed by atoms with E-state index < -0.39 is 29.7 Å². The van der Waals surface area contributed by atoms with Crippen LogP contribution < -0.4 is 10.6 Å². The van der Waals surface area contributed by atoms with E-state index in [1.54, 1.807) is 45.0 Å². The zero-order valence-electron chi connectivity index (χ0n) is 17.1. The number of hydrogen-bond donors (Lipinski definition) is 2. The molecule has 0 saturated carbocycles. The minimum atomic E-state index is -1.12. The molecule has 2 N–H and O–H groups in total. The molecule has 2 amide bonds. The lowest BCUT2D eigenvalue weighted by Crippen LogP contribution is -2.43. The van der Waals surface area contributed by atoms with Crippen LogP contribution in [0.1, 0.15) is 26.3 Å². The fourth-order valence-electron chi connectivity index (χ4n) is 2.48. The molecular weight excluding hydrogens is 452 g/mol. The highest BCUT2D eigenvalue weighted by atomic mass is 79.9. The second-order valence-corrected chi connectivity index (χ2v) is 8.44. The summed E-state index contributed by atoms with van der Waals surface area (Å²) in [5.41, 5.74) is 0.675. The Bertz CT molecular complexity index is 863. The second kappa shape index (κ2) is 10.8. The number of rotatable bonds is 7. The maximum atomic E-state index is 12.6. The molecule has 0 bridgehead atoms. The summed E-state index contributed by atoms with van der Waals surface area (Å²) in [6.07, 6.45) is -1.73. The molecule has 30 heavy (non-hydrogen) atoms. The number of benzene rings is 2. The molecule has 0 aliphatic heterocycles. The predicted octanol–water partition coefficient (Wildman–Crippen LogP) is 4.07. The van der Waals surface area contributed by atoms with Crippen molar-refractivity contribution in [3.63, 3.8) is 0 Å². The van der Waals surface area contributed by atoms with E-state index in [2.05, 4.69) is 26.6 Å². The molecule has 2 rings (SSSR count). The molecule has 7 nitrogen and oxygen atoms in total. The molecule has 2 aromatic rings. The molecule has 1 atom stereocenters. The van der Waals surface area contributed by atoms with Crippen LogP contribution in [-0.4, -0.2) is 36.2 Å². The third kappa shape index (κ3) is 8.65. The van der Waals surface area contributed by atoms with Gasteiger partial charge in [0, 0.05) is 16.6 Å². The van der Waals surface area contributed by atoms with E-state index >= 15 is 0 Å². The fourth-order valence-corrected chi connectivity index (χ4v) is 2.74. The van der Waals surface area contributed by atoms with E-state index in [0.717, 1.165) is 10.0 Å². The number of carbonyl (C=O) groups is 3. The Morgan fingerprint density at radius 1 is 1.00 bits per heavy atom. The first-order valence-electron chi connectivity index (χ1n) is 9.39. The molecule has 160 valence electrons. The van der Waals surface area contributed by atoms with Gasteiger partial charge >= 0.3 is 12.1 Å². The topological polar surface area (TPSA) is 93.7 Å². The van der Waals surface area contributed by atoms with Crippen LogP contribution in [0.4, 0.5) is 10.5 Å². The molecule has 0 unspecified atom stereocenters. The third-order valence-electron chi connectivity index (χ3n) is 3.72. The fraction of sp³-hybridized carbons (Fsp3) is 0.318. The Morgan fingerprint density at radius 2 is 1.63 bits per heavy atom. The van der Waals surface area contributed by atoms with Crippen LogP contribution in [0.3, 0.4) is 0 Å². The number of amides is 2. The second-order valence-electron chi connectivity index (χ2n) is 7.52. The Morgan fingerprint density at radius 3 is 2.23 bits per heavy atom. The Labute approximate surface area is 184 Å². The predicted molar refractivity (Wildman–Crippen MR) is 117 cm³/mol. The van der Waals surface area contributed by atoms with E-state index in [1.165, 1.54) is 0 Å². The van der Waals surface area contributed by atoms with Crippen LogP contribution in [-0.2, 0) is 25.5 Å². The van der Waals surface area contributed by atoms with Crippen molar-refractivity contribution in [1.82, 2.24) is 5.32 Å². The van der Waals surface area contributed by atoms with Gasteiger partial charge in [-0.15, -0.1) is 0 Å².